The zero-order chi connectivity index (χ0) is 29.0. The number of benzene rings is 3. The molecule has 11 nitrogen and oxygen atoms in total. The minimum atomic E-state index is -0.981. The number of aromatic hydroxyl groups is 1. The molecule has 0 unspecified atom stereocenters. The largest absolute Gasteiger partial charge is 0.502 e. The van der Waals surface area contributed by atoms with Crippen LogP contribution in [0, 0.1) is 0 Å². The zero-order valence-electron chi connectivity index (χ0n) is 22.4. The number of ether oxygens (including phenoxy) is 6. The van der Waals surface area contributed by atoms with Gasteiger partial charge in [-0.1, -0.05) is 30.3 Å². The van der Waals surface area contributed by atoms with Crippen molar-refractivity contribution in [3.8, 4) is 51.6 Å². The molecule has 0 amide bonds. The first-order chi connectivity index (χ1) is 19.2. The van der Waals surface area contributed by atoms with Gasteiger partial charge in [0.25, 0.3) is 0 Å². The summed E-state index contributed by atoms with van der Waals surface area (Å²) in [7, 11) is 3.97. The van der Waals surface area contributed by atoms with Gasteiger partial charge in [0, 0.05) is 19.4 Å². The van der Waals surface area contributed by atoms with Crippen molar-refractivity contribution in [2.75, 3.05) is 21.3 Å². The molecule has 0 aliphatic heterocycles. The van der Waals surface area contributed by atoms with Crippen molar-refractivity contribution in [2.24, 2.45) is 0 Å². The Hall–Kier alpha value is -5.19. The van der Waals surface area contributed by atoms with Crippen LogP contribution in [-0.4, -0.2) is 38.4 Å². The molecule has 3 aromatic carbocycles. The van der Waals surface area contributed by atoms with E-state index in [0.29, 0.717) is 11.5 Å². The molecule has 4 rings (SSSR count). The van der Waals surface area contributed by atoms with Crippen LogP contribution >= 0.6 is 0 Å². The van der Waals surface area contributed by atoms with E-state index in [2.05, 4.69) is 0 Å². The highest BCUT2D eigenvalue weighted by atomic mass is 16.6. The van der Waals surface area contributed by atoms with Gasteiger partial charge in [0.15, 0.2) is 28.6 Å². The third-order valence-corrected chi connectivity index (χ3v) is 5.70. The number of hydrogen-bond acceptors (Lipinski definition) is 11. The smallest absolute Gasteiger partial charge is 0.308 e. The Bertz CT molecular complexity index is 1640. The molecule has 1 aromatic heterocycles. The highest BCUT2D eigenvalue weighted by Crippen LogP contribution is 2.52. The molecule has 1 heterocycles. The normalized spacial score (nSPS) is 10.6. The Balaban J connectivity index is 1.92. The van der Waals surface area contributed by atoms with Gasteiger partial charge in [-0.05, 0) is 23.8 Å². The molecule has 0 spiro atoms. The molecule has 208 valence electrons. The van der Waals surface area contributed by atoms with Crippen LogP contribution < -0.4 is 33.8 Å². The minimum Gasteiger partial charge on any atom is -0.502 e. The summed E-state index contributed by atoms with van der Waals surface area (Å²) < 4.78 is 38.6. The SMILES string of the molecule is COc1cc(-c2oc3c(OC)c(OC)c(OC(C)=O)c(OC(C)=O)c3c(=O)c2O)ccc1OCc1ccccc1. The van der Waals surface area contributed by atoms with Crippen LogP contribution in [0.2, 0.25) is 0 Å². The average molecular weight is 551 g/mol. The van der Waals surface area contributed by atoms with Crippen molar-refractivity contribution in [2.45, 2.75) is 20.5 Å². The Labute approximate surface area is 228 Å². The van der Waals surface area contributed by atoms with Crippen LogP contribution in [0.5, 0.6) is 40.2 Å². The molecule has 0 fully saturated rings. The maximum atomic E-state index is 13.5. The van der Waals surface area contributed by atoms with Crippen molar-refractivity contribution in [1.82, 2.24) is 0 Å². The van der Waals surface area contributed by atoms with E-state index in [4.69, 9.17) is 32.8 Å². The van der Waals surface area contributed by atoms with Crippen LogP contribution in [-0.2, 0) is 16.2 Å². The molecule has 0 radical (unpaired) electrons. The summed E-state index contributed by atoms with van der Waals surface area (Å²) in [4.78, 5) is 37.3. The van der Waals surface area contributed by atoms with Gasteiger partial charge in [0.2, 0.25) is 28.4 Å². The molecule has 0 aliphatic rings. The van der Waals surface area contributed by atoms with Gasteiger partial charge in [-0.15, -0.1) is 0 Å². The summed E-state index contributed by atoms with van der Waals surface area (Å²) in [5.41, 5.74) is 0.00183. The average Bonchev–Trinajstić information content (AvgIpc) is 2.94. The second-order valence-corrected chi connectivity index (χ2v) is 8.36. The topological polar surface area (TPSA) is 140 Å². The Morgan fingerprint density at radius 3 is 2.05 bits per heavy atom. The van der Waals surface area contributed by atoms with Crippen molar-refractivity contribution < 1.29 is 47.5 Å². The molecular formula is C29H26O11. The Kier molecular flexibility index (Phi) is 8.13. The highest BCUT2D eigenvalue weighted by Gasteiger charge is 2.32. The van der Waals surface area contributed by atoms with Crippen molar-refractivity contribution in [1.29, 1.82) is 0 Å². The van der Waals surface area contributed by atoms with Crippen molar-refractivity contribution in [3.05, 3.63) is 64.3 Å². The van der Waals surface area contributed by atoms with E-state index in [1.54, 1.807) is 12.1 Å². The van der Waals surface area contributed by atoms with Gasteiger partial charge in [-0.25, -0.2) is 0 Å². The monoisotopic (exact) mass is 550 g/mol. The minimum absolute atomic E-state index is 0.141. The number of methoxy groups -OCH3 is 3. The van der Waals surface area contributed by atoms with Gasteiger partial charge in [0.05, 0.1) is 21.3 Å². The molecule has 0 saturated heterocycles. The molecule has 40 heavy (non-hydrogen) atoms. The summed E-state index contributed by atoms with van der Waals surface area (Å²) in [6, 6.07) is 14.2. The van der Waals surface area contributed by atoms with E-state index >= 15 is 0 Å². The van der Waals surface area contributed by atoms with Crippen LogP contribution in [0.4, 0.5) is 0 Å². The number of carbonyl (C=O) groups is 2. The third kappa shape index (κ3) is 5.35. The van der Waals surface area contributed by atoms with Gasteiger partial charge in [0.1, 0.15) is 12.0 Å². The first-order valence-corrected chi connectivity index (χ1v) is 11.9. The van der Waals surface area contributed by atoms with E-state index in [1.807, 2.05) is 30.3 Å². The molecule has 4 aromatic rings. The molecule has 0 bridgehead atoms. The van der Waals surface area contributed by atoms with Crippen molar-refractivity contribution in [3.63, 3.8) is 0 Å². The van der Waals surface area contributed by atoms with E-state index in [0.717, 1.165) is 19.4 Å². The fourth-order valence-electron chi connectivity index (χ4n) is 4.02. The lowest BCUT2D eigenvalue weighted by molar-refractivity contribution is -0.134. The summed E-state index contributed by atoms with van der Waals surface area (Å²) in [6.45, 7) is 2.48. The number of carbonyl (C=O) groups excluding carboxylic acids is 2. The lowest BCUT2D eigenvalue weighted by Gasteiger charge is -2.18. The first kappa shape index (κ1) is 27.8. The molecule has 0 aliphatic carbocycles. The number of hydrogen-bond donors (Lipinski definition) is 1. The number of rotatable bonds is 9. The van der Waals surface area contributed by atoms with Gasteiger partial charge < -0.3 is 37.9 Å². The summed E-state index contributed by atoms with van der Waals surface area (Å²) in [6.07, 6.45) is 0. The summed E-state index contributed by atoms with van der Waals surface area (Å²) in [5.74, 6) is -3.13. The summed E-state index contributed by atoms with van der Waals surface area (Å²) >= 11 is 0. The first-order valence-electron chi connectivity index (χ1n) is 11.9. The van der Waals surface area contributed by atoms with Crippen LogP contribution in [0.3, 0.4) is 0 Å². The lowest BCUT2D eigenvalue weighted by Crippen LogP contribution is -2.13. The fourth-order valence-corrected chi connectivity index (χ4v) is 4.02. The molecular weight excluding hydrogens is 524 g/mol. The summed E-state index contributed by atoms with van der Waals surface area (Å²) in [5, 5.41) is 10.6. The molecule has 0 atom stereocenters. The van der Waals surface area contributed by atoms with Gasteiger partial charge in [-0.2, -0.15) is 0 Å². The maximum Gasteiger partial charge on any atom is 0.308 e. The third-order valence-electron chi connectivity index (χ3n) is 5.70. The van der Waals surface area contributed by atoms with Crippen LogP contribution in [0.25, 0.3) is 22.3 Å². The molecule has 1 N–H and O–H groups in total. The second-order valence-electron chi connectivity index (χ2n) is 8.36. The number of esters is 2. The fraction of sp³-hybridized carbons (Fsp3) is 0.207. The Morgan fingerprint density at radius 1 is 0.800 bits per heavy atom. The maximum absolute atomic E-state index is 13.5. The standard InChI is InChI=1S/C29H26O11/c1-15(30)38-26-21-22(32)23(33)24(40-25(21)27(35-4)28(36-5)29(26)39-16(2)31)18-11-12-19(20(13-18)34-3)37-14-17-9-7-6-8-10-17/h6-13,33H,14H2,1-5H3. The zero-order valence-corrected chi connectivity index (χ0v) is 22.4. The van der Waals surface area contributed by atoms with Gasteiger partial charge >= 0.3 is 11.9 Å². The molecule has 0 saturated carbocycles. The van der Waals surface area contributed by atoms with Crippen LogP contribution in [0.1, 0.15) is 19.4 Å². The van der Waals surface area contributed by atoms with E-state index in [9.17, 15) is 19.5 Å². The van der Waals surface area contributed by atoms with Gasteiger partial charge in [-0.3, -0.25) is 14.4 Å². The number of fused-ring (bicyclic) bond motifs is 1. The lowest BCUT2D eigenvalue weighted by atomic mass is 10.1. The predicted molar refractivity (Wildman–Crippen MR) is 143 cm³/mol. The van der Waals surface area contributed by atoms with E-state index < -0.39 is 40.0 Å². The highest BCUT2D eigenvalue weighted by molar-refractivity contribution is 5.99. The quantitative estimate of drug-likeness (QED) is 0.231. The molecule has 11 heteroatoms. The second kappa shape index (κ2) is 11.7. The van der Waals surface area contributed by atoms with Crippen molar-refractivity contribution >= 4 is 22.9 Å². The van der Waals surface area contributed by atoms with E-state index in [1.165, 1.54) is 27.4 Å². The predicted octanol–water partition coefficient (Wildman–Crippen LogP) is 4.62. The van der Waals surface area contributed by atoms with Crippen LogP contribution in [0.15, 0.2) is 57.7 Å². The van der Waals surface area contributed by atoms with E-state index in [-0.39, 0.29) is 35.0 Å². The Morgan fingerprint density at radius 2 is 1.45 bits per heavy atom.